The minimum atomic E-state index is -3.74. The number of sulfonamides is 1. The van der Waals surface area contributed by atoms with Crippen molar-refractivity contribution < 1.29 is 22.3 Å². The van der Waals surface area contributed by atoms with Crippen LogP contribution in [0.1, 0.15) is 0 Å². The van der Waals surface area contributed by atoms with E-state index in [1.165, 1.54) is 48.5 Å². The van der Waals surface area contributed by atoms with E-state index in [1.807, 2.05) is 0 Å². The fraction of sp³-hybridized carbons (Fsp3) is 0. The molecule has 0 radical (unpaired) electrons. The molecule has 0 fully saturated rings. The highest BCUT2D eigenvalue weighted by molar-refractivity contribution is 7.89. The van der Waals surface area contributed by atoms with E-state index >= 15 is 0 Å². The van der Waals surface area contributed by atoms with E-state index in [0.29, 0.717) is 23.0 Å². The van der Waals surface area contributed by atoms with Gasteiger partial charge in [0.25, 0.3) is 0 Å². The lowest BCUT2D eigenvalue weighted by atomic mass is 10.3. The smallest absolute Gasteiger partial charge is 0.238 e. The first-order valence-corrected chi connectivity index (χ1v) is 8.79. The lowest BCUT2D eigenvalue weighted by Crippen LogP contribution is -2.11. The Balaban J connectivity index is 1.74. The third kappa shape index (κ3) is 4.56. The Morgan fingerprint density at radius 3 is 1.68 bits per heavy atom. The minimum Gasteiger partial charge on any atom is -0.457 e. The molecule has 5 nitrogen and oxygen atoms in total. The summed E-state index contributed by atoms with van der Waals surface area (Å²) in [6, 6.07) is 18.3. The van der Waals surface area contributed by atoms with Crippen molar-refractivity contribution in [3.05, 3.63) is 78.6 Å². The molecule has 7 heteroatoms. The van der Waals surface area contributed by atoms with Crippen molar-refractivity contribution in [2.24, 2.45) is 5.14 Å². The molecule has 0 aromatic heterocycles. The summed E-state index contributed by atoms with van der Waals surface area (Å²) in [5, 5.41) is 5.05. The van der Waals surface area contributed by atoms with E-state index < -0.39 is 10.0 Å². The fourth-order valence-electron chi connectivity index (χ4n) is 2.07. The molecule has 0 spiro atoms. The summed E-state index contributed by atoms with van der Waals surface area (Å²) in [6.45, 7) is 0. The van der Waals surface area contributed by atoms with Gasteiger partial charge in [-0.3, -0.25) is 0 Å². The van der Waals surface area contributed by atoms with Gasteiger partial charge >= 0.3 is 0 Å². The highest BCUT2D eigenvalue weighted by Gasteiger charge is 2.08. The van der Waals surface area contributed by atoms with Crippen molar-refractivity contribution in [1.29, 1.82) is 0 Å². The van der Waals surface area contributed by atoms with Crippen molar-refractivity contribution in [2.75, 3.05) is 0 Å². The first kappa shape index (κ1) is 16.9. The average molecular weight is 359 g/mol. The van der Waals surface area contributed by atoms with Gasteiger partial charge in [-0.05, 0) is 60.7 Å². The molecule has 3 rings (SSSR count). The van der Waals surface area contributed by atoms with Crippen LogP contribution in [0.3, 0.4) is 0 Å². The Bertz CT molecular complexity index is 971. The molecule has 0 unspecified atom stereocenters. The quantitative estimate of drug-likeness (QED) is 0.745. The zero-order valence-electron chi connectivity index (χ0n) is 12.9. The molecule has 128 valence electrons. The molecule has 0 saturated carbocycles. The topological polar surface area (TPSA) is 78.6 Å². The zero-order chi connectivity index (χ0) is 17.9. The molecule has 0 saturated heterocycles. The van der Waals surface area contributed by atoms with E-state index in [-0.39, 0.29) is 10.7 Å². The maximum atomic E-state index is 12.9. The lowest BCUT2D eigenvalue weighted by molar-refractivity contribution is 0.459. The minimum absolute atomic E-state index is 0.00763. The number of ether oxygens (including phenoxy) is 2. The third-order valence-electron chi connectivity index (χ3n) is 3.24. The standard InChI is InChI=1S/C18H14FNO4S/c19-13-4-6-14(7-5-13)23-16-2-1-3-17(12-16)24-15-8-10-18(11-9-15)25(20,21)22/h1-12H,(H2,20,21,22). The Hall–Kier alpha value is -2.90. The molecular formula is C18H14FNO4S. The van der Waals surface area contributed by atoms with Crippen molar-refractivity contribution in [2.45, 2.75) is 4.90 Å². The maximum absolute atomic E-state index is 12.9. The van der Waals surface area contributed by atoms with Gasteiger partial charge in [0.2, 0.25) is 10.0 Å². The number of rotatable bonds is 5. The largest absolute Gasteiger partial charge is 0.457 e. The molecule has 0 atom stereocenters. The van der Waals surface area contributed by atoms with E-state index in [4.69, 9.17) is 14.6 Å². The van der Waals surface area contributed by atoms with E-state index in [9.17, 15) is 12.8 Å². The molecule has 25 heavy (non-hydrogen) atoms. The molecule has 3 aromatic carbocycles. The normalized spacial score (nSPS) is 11.1. The lowest BCUT2D eigenvalue weighted by Gasteiger charge is -2.09. The van der Waals surface area contributed by atoms with Gasteiger partial charge in [-0.2, -0.15) is 0 Å². The van der Waals surface area contributed by atoms with Crippen LogP contribution < -0.4 is 14.6 Å². The fourth-order valence-corrected chi connectivity index (χ4v) is 2.59. The van der Waals surface area contributed by atoms with Crippen LogP contribution in [0.4, 0.5) is 4.39 Å². The summed E-state index contributed by atoms with van der Waals surface area (Å²) in [5.41, 5.74) is 0. The summed E-state index contributed by atoms with van der Waals surface area (Å²) in [5.74, 6) is 1.63. The Labute approximate surface area is 144 Å². The first-order valence-electron chi connectivity index (χ1n) is 7.24. The SMILES string of the molecule is NS(=O)(=O)c1ccc(Oc2cccc(Oc3ccc(F)cc3)c2)cc1. The zero-order valence-corrected chi connectivity index (χ0v) is 13.7. The second-order valence-corrected chi connectivity index (χ2v) is 6.71. The highest BCUT2D eigenvalue weighted by atomic mass is 32.2. The van der Waals surface area contributed by atoms with Crippen molar-refractivity contribution >= 4 is 10.0 Å². The first-order chi connectivity index (χ1) is 11.9. The molecular weight excluding hydrogens is 345 g/mol. The molecule has 0 heterocycles. The number of hydrogen-bond donors (Lipinski definition) is 1. The highest BCUT2D eigenvalue weighted by Crippen LogP contribution is 2.28. The summed E-state index contributed by atoms with van der Waals surface area (Å²) in [7, 11) is -3.74. The molecule has 0 aliphatic rings. The van der Waals surface area contributed by atoms with Gasteiger partial charge in [0.05, 0.1) is 4.90 Å². The number of halogens is 1. The van der Waals surface area contributed by atoms with Crippen molar-refractivity contribution in [1.82, 2.24) is 0 Å². The number of hydrogen-bond acceptors (Lipinski definition) is 4. The predicted octanol–water partition coefficient (Wildman–Crippen LogP) is 4.06. The molecule has 0 bridgehead atoms. The Morgan fingerprint density at radius 1 is 0.720 bits per heavy atom. The summed E-state index contributed by atoms with van der Waals surface area (Å²) < 4.78 is 46.7. The molecule has 3 aromatic rings. The second-order valence-electron chi connectivity index (χ2n) is 5.15. The predicted molar refractivity (Wildman–Crippen MR) is 90.8 cm³/mol. The summed E-state index contributed by atoms with van der Waals surface area (Å²) >= 11 is 0. The second kappa shape index (κ2) is 6.92. The third-order valence-corrected chi connectivity index (χ3v) is 4.17. The molecule has 2 N–H and O–H groups in total. The number of nitrogens with two attached hydrogens (primary N) is 1. The average Bonchev–Trinajstić information content (AvgIpc) is 2.57. The maximum Gasteiger partial charge on any atom is 0.238 e. The molecule has 0 aliphatic heterocycles. The van der Waals surface area contributed by atoms with Crippen molar-refractivity contribution in [3.8, 4) is 23.0 Å². The van der Waals surface area contributed by atoms with Gasteiger partial charge in [-0.1, -0.05) is 6.07 Å². The summed E-state index contributed by atoms with van der Waals surface area (Å²) in [4.78, 5) is 0.00763. The Morgan fingerprint density at radius 2 is 1.20 bits per heavy atom. The number of primary sulfonamides is 1. The van der Waals surface area contributed by atoms with Crippen LogP contribution in [0.2, 0.25) is 0 Å². The molecule has 0 amide bonds. The van der Waals surface area contributed by atoms with Crippen LogP contribution in [-0.2, 0) is 10.0 Å². The van der Waals surface area contributed by atoms with Gasteiger partial charge in [0, 0.05) is 6.07 Å². The van der Waals surface area contributed by atoms with Gasteiger partial charge < -0.3 is 9.47 Å². The monoisotopic (exact) mass is 359 g/mol. The van der Waals surface area contributed by atoms with Crippen LogP contribution in [0, 0.1) is 5.82 Å². The van der Waals surface area contributed by atoms with E-state index in [2.05, 4.69) is 0 Å². The van der Waals surface area contributed by atoms with Crippen LogP contribution in [-0.4, -0.2) is 8.42 Å². The van der Waals surface area contributed by atoms with Gasteiger partial charge in [-0.15, -0.1) is 0 Å². The van der Waals surface area contributed by atoms with Crippen LogP contribution in [0.5, 0.6) is 23.0 Å². The van der Waals surface area contributed by atoms with Crippen LogP contribution >= 0.6 is 0 Å². The van der Waals surface area contributed by atoms with Crippen molar-refractivity contribution in [3.63, 3.8) is 0 Å². The van der Waals surface area contributed by atoms with Crippen LogP contribution in [0.15, 0.2) is 77.7 Å². The van der Waals surface area contributed by atoms with Gasteiger partial charge in [0.15, 0.2) is 0 Å². The van der Waals surface area contributed by atoms with E-state index in [0.717, 1.165) is 0 Å². The number of benzene rings is 3. The van der Waals surface area contributed by atoms with Gasteiger partial charge in [-0.25, -0.2) is 17.9 Å². The van der Waals surface area contributed by atoms with E-state index in [1.54, 1.807) is 24.3 Å². The van der Waals surface area contributed by atoms with Crippen LogP contribution in [0.25, 0.3) is 0 Å². The Kier molecular flexibility index (Phi) is 4.69. The summed E-state index contributed by atoms with van der Waals surface area (Å²) in [6.07, 6.45) is 0. The van der Waals surface area contributed by atoms with Gasteiger partial charge in [0.1, 0.15) is 28.8 Å². The molecule has 0 aliphatic carbocycles.